The molecule has 1 amide bonds. The van der Waals surface area contributed by atoms with Gasteiger partial charge in [0.1, 0.15) is 5.82 Å². The first-order chi connectivity index (χ1) is 9.97. The average molecular weight is 289 g/mol. The zero-order valence-electron chi connectivity index (χ0n) is 12.9. The van der Waals surface area contributed by atoms with Crippen molar-refractivity contribution >= 4 is 17.5 Å². The molecule has 1 aliphatic rings. The molecular formula is C16H23N3O2. The summed E-state index contributed by atoms with van der Waals surface area (Å²) in [6, 6.07) is 3.95. The number of Topliss-reactive ketones (excluding diaryl/α,β-unsaturated/α-hetero) is 1. The van der Waals surface area contributed by atoms with E-state index in [0.29, 0.717) is 11.6 Å². The number of aromatic nitrogens is 1. The fourth-order valence-electron chi connectivity index (χ4n) is 2.51. The Labute approximate surface area is 125 Å². The van der Waals surface area contributed by atoms with Crippen LogP contribution in [0.5, 0.6) is 0 Å². The van der Waals surface area contributed by atoms with Gasteiger partial charge in [-0.15, -0.1) is 0 Å². The molecule has 0 atom stereocenters. The third-order valence-corrected chi connectivity index (χ3v) is 3.82. The highest BCUT2D eigenvalue weighted by Gasteiger charge is 2.24. The van der Waals surface area contributed by atoms with Gasteiger partial charge in [-0.05, 0) is 31.9 Å². The van der Waals surface area contributed by atoms with Crippen LogP contribution in [0.3, 0.4) is 0 Å². The maximum atomic E-state index is 11.9. The van der Waals surface area contributed by atoms with Crippen molar-refractivity contribution in [3.63, 3.8) is 0 Å². The largest absolute Gasteiger partial charge is 0.367 e. The van der Waals surface area contributed by atoms with E-state index in [-0.39, 0.29) is 17.6 Å². The Morgan fingerprint density at radius 3 is 2.43 bits per heavy atom. The number of nitrogens with one attached hydrogen (secondary N) is 1. The van der Waals surface area contributed by atoms with Crippen LogP contribution >= 0.6 is 0 Å². The number of anilines is 1. The number of hydrogen-bond acceptors (Lipinski definition) is 4. The number of pyridine rings is 1. The SMILES string of the molecule is CC(=O)c1ccc(NC2CCN(C(=O)C(C)C)CC2)nc1. The number of rotatable bonds is 4. The van der Waals surface area contributed by atoms with Gasteiger partial charge in [0.05, 0.1) is 0 Å². The van der Waals surface area contributed by atoms with Gasteiger partial charge in [-0.1, -0.05) is 13.8 Å². The number of likely N-dealkylation sites (tertiary alicyclic amines) is 1. The summed E-state index contributed by atoms with van der Waals surface area (Å²) >= 11 is 0. The van der Waals surface area contributed by atoms with E-state index in [9.17, 15) is 9.59 Å². The predicted octanol–water partition coefficient (Wildman–Crippen LogP) is 2.34. The van der Waals surface area contributed by atoms with Crippen LogP contribution in [0.25, 0.3) is 0 Å². The molecule has 1 aromatic rings. The first kappa shape index (κ1) is 15.5. The Morgan fingerprint density at radius 1 is 1.29 bits per heavy atom. The zero-order chi connectivity index (χ0) is 15.4. The van der Waals surface area contributed by atoms with Crippen molar-refractivity contribution in [1.82, 2.24) is 9.88 Å². The number of amides is 1. The maximum absolute atomic E-state index is 11.9. The van der Waals surface area contributed by atoms with E-state index in [0.717, 1.165) is 31.7 Å². The molecule has 1 N–H and O–H groups in total. The van der Waals surface area contributed by atoms with E-state index >= 15 is 0 Å². The molecule has 2 heterocycles. The number of hydrogen-bond donors (Lipinski definition) is 1. The Kier molecular flexibility index (Phi) is 4.94. The second-order valence-electron chi connectivity index (χ2n) is 5.89. The van der Waals surface area contributed by atoms with Crippen molar-refractivity contribution in [2.24, 2.45) is 5.92 Å². The second kappa shape index (κ2) is 6.70. The summed E-state index contributed by atoms with van der Waals surface area (Å²) in [5, 5.41) is 3.38. The van der Waals surface area contributed by atoms with Crippen LogP contribution in [0, 0.1) is 5.92 Å². The minimum atomic E-state index is 0.0227. The monoisotopic (exact) mass is 289 g/mol. The van der Waals surface area contributed by atoms with Crippen molar-refractivity contribution in [2.75, 3.05) is 18.4 Å². The Balaban J connectivity index is 1.86. The Morgan fingerprint density at radius 2 is 1.95 bits per heavy atom. The number of ketones is 1. The molecule has 5 heteroatoms. The Hall–Kier alpha value is -1.91. The molecule has 0 saturated carbocycles. The molecule has 0 aliphatic carbocycles. The van der Waals surface area contributed by atoms with Crippen molar-refractivity contribution in [2.45, 2.75) is 39.7 Å². The molecule has 114 valence electrons. The van der Waals surface area contributed by atoms with E-state index in [1.807, 2.05) is 24.8 Å². The fourth-order valence-corrected chi connectivity index (χ4v) is 2.51. The molecule has 5 nitrogen and oxygen atoms in total. The van der Waals surface area contributed by atoms with E-state index < -0.39 is 0 Å². The Bertz CT molecular complexity index is 503. The average Bonchev–Trinajstić information content (AvgIpc) is 2.47. The highest BCUT2D eigenvalue weighted by atomic mass is 16.2. The summed E-state index contributed by atoms with van der Waals surface area (Å²) in [6.45, 7) is 6.99. The second-order valence-corrected chi connectivity index (χ2v) is 5.89. The molecule has 1 fully saturated rings. The third kappa shape index (κ3) is 4.03. The van der Waals surface area contributed by atoms with Crippen LogP contribution in [0.4, 0.5) is 5.82 Å². The molecular weight excluding hydrogens is 266 g/mol. The summed E-state index contributed by atoms with van der Waals surface area (Å²) in [4.78, 5) is 29.3. The maximum Gasteiger partial charge on any atom is 0.225 e. The molecule has 1 saturated heterocycles. The van der Waals surface area contributed by atoms with Crippen molar-refractivity contribution < 1.29 is 9.59 Å². The van der Waals surface area contributed by atoms with Crippen molar-refractivity contribution in [3.8, 4) is 0 Å². The van der Waals surface area contributed by atoms with Gasteiger partial charge in [0.25, 0.3) is 0 Å². The molecule has 0 radical (unpaired) electrons. The van der Waals surface area contributed by atoms with Gasteiger partial charge in [0, 0.05) is 36.8 Å². The van der Waals surface area contributed by atoms with Gasteiger partial charge < -0.3 is 10.2 Å². The van der Waals surface area contributed by atoms with Gasteiger partial charge in [-0.2, -0.15) is 0 Å². The van der Waals surface area contributed by atoms with Gasteiger partial charge in [-0.3, -0.25) is 9.59 Å². The predicted molar refractivity (Wildman–Crippen MR) is 82.3 cm³/mol. The van der Waals surface area contributed by atoms with Crippen molar-refractivity contribution in [3.05, 3.63) is 23.9 Å². The molecule has 0 aromatic carbocycles. The van der Waals surface area contributed by atoms with Crippen LogP contribution in [0.1, 0.15) is 44.0 Å². The highest BCUT2D eigenvalue weighted by molar-refractivity contribution is 5.93. The topological polar surface area (TPSA) is 62.3 Å². The lowest BCUT2D eigenvalue weighted by Gasteiger charge is -2.33. The smallest absolute Gasteiger partial charge is 0.225 e. The van der Waals surface area contributed by atoms with Gasteiger partial charge in [-0.25, -0.2) is 4.98 Å². The zero-order valence-corrected chi connectivity index (χ0v) is 12.9. The molecule has 2 rings (SSSR count). The lowest BCUT2D eigenvalue weighted by molar-refractivity contribution is -0.135. The van der Waals surface area contributed by atoms with Crippen molar-refractivity contribution in [1.29, 1.82) is 0 Å². The first-order valence-corrected chi connectivity index (χ1v) is 7.49. The van der Waals surface area contributed by atoms with E-state index in [2.05, 4.69) is 10.3 Å². The molecule has 0 bridgehead atoms. The van der Waals surface area contributed by atoms with Crippen LogP contribution in [-0.4, -0.2) is 40.7 Å². The van der Waals surface area contributed by atoms with E-state index in [4.69, 9.17) is 0 Å². The summed E-state index contributed by atoms with van der Waals surface area (Å²) in [5.41, 5.74) is 0.623. The first-order valence-electron chi connectivity index (χ1n) is 7.49. The molecule has 1 aromatic heterocycles. The van der Waals surface area contributed by atoms with Crippen LogP contribution in [0.2, 0.25) is 0 Å². The van der Waals surface area contributed by atoms with E-state index in [1.165, 1.54) is 6.92 Å². The summed E-state index contributed by atoms with van der Waals surface area (Å²) in [6.07, 6.45) is 3.45. The van der Waals surface area contributed by atoms with Gasteiger partial charge in [0.2, 0.25) is 5.91 Å². The lowest BCUT2D eigenvalue weighted by atomic mass is 10.0. The number of carbonyl (C=O) groups is 2. The van der Waals surface area contributed by atoms with Crippen LogP contribution in [-0.2, 0) is 4.79 Å². The number of carbonyl (C=O) groups excluding carboxylic acids is 2. The number of piperidine rings is 1. The molecule has 0 spiro atoms. The minimum Gasteiger partial charge on any atom is -0.367 e. The van der Waals surface area contributed by atoms with Crippen LogP contribution in [0.15, 0.2) is 18.3 Å². The molecule has 0 unspecified atom stereocenters. The number of nitrogens with zero attached hydrogens (tertiary/aromatic N) is 2. The van der Waals surface area contributed by atoms with Crippen LogP contribution < -0.4 is 5.32 Å². The summed E-state index contributed by atoms with van der Waals surface area (Å²) < 4.78 is 0. The quantitative estimate of drug-likeness (QED) is 0.864. The molecule has 1 aliphatic heterocycles. The summed E-state index contributed by atoms with van der Waals surface area (Å²) in [5.74, 6) is 1.11. The normalized spacial score (nSPS) is 16.1. The minimum absolute atomic E-state index is 0.0227. The third-order valence-electron chi connectivity index (χ3n) is 3.82. The van der Waals surface area contributed by atoms with Gasteiger partial charge in [0.15, 0.2) is 5.78 Å². The standard InChI is InChI=1S/C16H23N3O2/c1-11(2)16(21)19-8-6-14(7-9-19)18-15-5-4-13(10-17-15)12(3)20/h4-5,10-11,14H,6-9H2,1-3H3,(H,17,18). The van der Waals surface area contributed by atoms with E-state index in [1.54, 1.807) is 12.3 Å². The fraction of sp³-hybridized carbons (Fsp3) is 0.562. The summed E-state index contributed by atoms with van der Waals surface area (Å²) in [7, 11) is 0. The molecule has 21 heavy (non-hydrogen) atoms. The lowest BCUT2D eigenvalue weighted by Crippen LogP contribution is -2.44. The van der Waals surface area contributed by atoms with Gasteiger partial charge >= 0.3 is 0 Å². The highest BCUT2D eigenvalue weighted by Crippen LogP contribution is 2.17.